The van der Waals surface area contributed by atoms with Crippen molar-refractivity contribution in [2.75, 3.05) is 0 Å². The number of para-hydroxylation sites is 1. The minimum atomic E-state index is 0.604. The van der Waals surface area contributed by atoms with Crippen molar-refractivity contribution in [1.82, 2.24) is 5.32 Å². The van der Waals surface area contributed by atoms with Crippen LogP contribution in [-0.4, -0.2) is 6.04 Å². The molecule has 0 heterocycles. The van der Waals surface area contributed by atoms with Gasteiger partial charge < -0.3 is 0 Å². The molecule has 1 aromatic rings. The fraction of sp³-hybridized carbons (Fsp3) is 0.455. The van der Waals surface area contributed by atoms with Crippen LogP contribution in [0.4, 0.5) is 5.69 Å². The fourth-order valence-electron chi connectivity index (χ4n) is 1.76. The lowest BCUT2D eigenvalue weighted by Gasteiger charge is -2.08. The van der Waals surface area contributed by atoms with Crippen LogP contribution in [0, 0.1) is 0 Å². The maximum atomic E-state index is 4.66. The number of benzene rings is 1. The smallest absolute Gasteiger partial charge is 0.0577 e. The second kappa shape index (κ2) is 3.61. The van der Waals surface area contributed by atoms with Gasteiger partial charge in [0.05, 0.1) is 11.7 Å². The van der Waals surface area contributed by atoms with Crippen LogP contribution < -0.4 is 5.32 Å². The van der Waals surface area contributed by atoms with E-state index in [2.05, 4.69) is 17.4 Å². The highest BCUT2D eigenvalue weighted by atomic mass is 14.9. The molecule has 2 rings (SSSR count). The monoisotopic (exact) mass is 160 g/mol. The van der Waals surface area contributed by atoms with Gasteiger partial charge in [-0.05, 0) is 25.0 Å². The van der Waals surface area contributed by atoms with Crippen LogP contribution in [0.5, 0.6) is 0 Å². The summed E-state index contributed by atoms with van der Waals surface area (Å²) >= 11 is 0. The third-order valence-electron chi connectivity index (χ3n) is 2.41. The summed E-state index contributed by atoms with van der Waals surface area (Å²) in [6.07, 6.45) is 5.30. The van der Waals surface area contributed by atoms with Gasteiger partial charge in [0.2, 0.25) is 0 Å². The molecule has 1 radical (unpaired) electrons. The Morgan fingerprint density at radius 2 is 1.67 bits per heavy atom. The minimum Gasteiger partial charge on any atom is -0.282 e. The summed E-state index contributed by atoms with van der Waals surface area (Å²) in [6, 6.07) is 10.9. The maximum absolute atomic E-state index is 4.66. The van der Waals surface area contributed by atoms with Crippen molar-refractivity contribution in [3.05, 3.63) is 30.3 Å². The first-order valence-corrected chi connectivity index (χ1v) is 4.71. The minimum absolute atomic E-state index is 0.604. The molecule has 1 nitrogen and oxygen atoms in total. The van der Waals surface area contributed by atoms with E-state index in [0.29, 0.717) is 6.04 Å². The van der Waals surface area contributed by atoms with E-state index in [-0.39, 0.29) is 0 Å². The third-order valence-corrected chi connectivity index (χ3v) is 2.41. The molecule has 1 heteroatoms. The molecule has 1 aliphatic rings. The van der Waals surface area contributed by atoms with Crippen molar-refractivity contribution in [2.45, 2.75) is 31.7 Å². The molecule has 12 heavy (non-hydrogen) atoms. The first kappa shape index (κ1) is 7.66. The SMILES string of the molecule is c1ccc([N]C2CCCC2)cc1. The van der Waals surface area contributed by atoms with Gasteiger partial charge in [0.25, 0.3) is 0 Å². The first-order valence-electron chi connectivity index (χ1n) is 4.71. The predicted octanol–water partition coefficient (Wildman–Crippen LogP) is 2.87. The van der Waals surface area contributed by atoms with Crippen LogP contribution in [0.15, 0.2) is 30.3 Å². The average Bonchev–Trinajstić information content (AvgIpc) is 2.59. The highest BCUT2D eigenvalue weighted by molar-refractivity contribution is 5.35. The van der Waals surface area contributed by atoms with Gasteiger partial charge in [0.15, 0.2) is 0 Å². The summed E-state index contributed by atoms with van der Waals surface area (Å²) in [5, 5.41) is 4.66. The van der Waals surface area contributed by atoms with Crippen LogP contribution in [0.2, 0.25) is 0 Å². The summed E-state index contributed by atoms with van der Waals surface area (Å²) in [6.45, 7) is 0. The molecule has 0 aromatic heterocycles. The summed E-state index contributed by atoms with van der Waals surface area (Å²) in [7, 11) is 0. The van der Waals surface area contributed by atoms with Crippen LogP contribution in [0.1, 0.15) is 25.7 Å². The van der Waals surface area contributed by atoms with Gasteiger partial charge in [0, 0.05) is 0 Å². The number of hydrogen-bond acceptors (Lipinski definition) is 0. The molecule has 0 N–H and O–H groups in total. The normalized spacial score (nSPS) is 18.0. The highest BCUT2D eigenvalue weighted by Crippen LogP contribution is 2.21. The van der Waals surface area contributed by atoms with Crippen LogP contribution in [0.25, 0.3) is 0 Å². The molecule has 63 valence electrons. The lowest BCUT2D eigenvalue weighted by atomic mass is 10.2. The highest BCUT2D eigenvalue weighted by Gasteiger charge is 2.15. The molecule has 1 aliphatic carbocycles. The fourth-order valence-corrected chi connectivity index (χ4v) is 1.76. The van der Waals surface area contributed by atoms with Crippen molar-refractivity contribution < 1.29 is 0 Å². The van der Waals surface area contributed by atoms with Gasteiger partial charge in [-0.2, -0.15) is 0 Å². The Hall–Kier alpha value is -0.980. The lowest BCUT2D eigenvalue weighted by molar-refractivity contribution is 0.604. The van der Waals surface area contributed by atoms with Crippen molar-refractivity contribution in [1.29, 1.82) is 0 Å². The first-order chi connectivity index (χ1) is 5.95. The summed E-state index contributed by atoms with van der Waals surface area (Å²) < 4.78 is 0. The van der Waals surface area contributed by atoms with Crippen LogP contribution in [-0.2, 0) is 0 Å². The van der Waals surface area contributed by atoms with Crippen molar-refractivity contribution in [3.63, 3.8) is 0 Å². The third kappa shape index (κ3) is 1.79. The van der Waals surface area contributed by atoms with Gasteiger partial charge in [-0.1, -0.05) is 31.0 Å². The Bertz CT molecular complexity index is 224. The van der Waals surface area contributed by atoms with Crippen LogP contribution in [0.3, 0.4) is 0 Å². The second-order valence-corrected chi connectivity index (χ2v) is 3.40. The van der Waals surface area contributed by atoms with Gasteiger partial charge >= 0.3 is 0 Å². The topological polar surface area (TPSA) is 14.1 Å². The molecule has 1 aromatic carbocycles. The molecule has 0 amide bonds. The predicted molar refractivity (Wildman–Crippen MR) is 50.5 cm³/mol. The number of rotatable bonds is 2. The van der Waals surface area contributed by atoms with Crippen molar-refractivity contribution in [3.8, 4) is 0 Å². The lowest BCUT2D eigenvalue weighted by Crippen LogP contribution is -2.12. The Balaban J connectivity index is 1.94. The van der Waals surface area contributed by atoms with E-state index >= 15 is 0 Å². The van der Waals surface area contributed by atoms with E-state index in [0.717, 1.165) is 5.69 Å². The molecule has 1 fully saturated rings. The van der Waals surface area contributed by atoms with E-state index in [9.17, 15) is 0 Å². The van der Waals surface area contributed by atoms with Crippen LogP contribution >= 0.6 is 0 Å². The van der Waals surface area contributed by atoms with E-state index in [1.54, 1.807) is 0 Å². The van der Waals surface area contributed by atoms with Gasteiger partial charge in [-0.15, -0.1) is 0 Å². The molecule has 0 saturated heterocycles. The van der Waals surface area contributed by atoms with E-state index < -0.39 is 0 Å². The largest absolute Gasteiger partial charge is 0.282 e. The number of hydrogen-bond donors (Lipinski definition) is 0. The Kier molecular flexibility index (Phi) is 2.31. The second-order valence-electron chi connectivity index (χ2n) is 3.40. The summed E-state index contributed by atoms with van der Waals surface area (Å²) in [5.41, 5.74) is 1.14. The van der Waals surface area contributed by atoms with Crippen molar-refractivity contribution in [2.24, 2.45) is 0 Å². The maximum Gasteiger partial charge on any atom is 0.0577 e. The van der Waals surface area contributed by atoms with Gasteiger partial charge in [0.1, 0.15) is 0 Å². The molecular weight excluding hydrogens is 146 g/mol. The molecule has 0 atom stereocenters. The summed E-state index contributed by atoms with van der Waals surface area (Å²) in [5.74, 6) is 0. The zero-order valence-corrected chi connectivity index (χ0v) is 7.24. The summed E-state index contributed by atoms with van der Waals surface area (Å²) in [4.78, 5) is 0. The Morgan fingerprint density at radius 3 is 2.33 bits per heavy atom. The molecule has 0 unspecified atom stereocenters. The van der Waals surface area contributed by atoms with E-state index in [1.165, 1.54) is 25.7 Å². The van der Waals surface area contributed by atoms with E-state index in [1.807, 2.05) is 18.2 Å². The molecule has 0 spiro atoms. The molecule has 1 saturated carbocycles. The van der Waals surface area contributed by atoms with E-state index in [4.69, 9.17) is 0 Å². The molecule has 0 aliphatic heterocycles. The zero-order chi connectivity index (χ0) is 8.23. The Morgan fingerprint density at radius 1 is 1.00 bits per heavy atom. The standard InChI is InChI=1S/C11H14N/c1-2-6-10(7-3-1)12-11-8-4-5-9-11/h1-3,6-7,11H,4-5,8-9H2. The molecular formula is C11H14N. The zero-order valence-electron chi connectivity index (χ0n) is 7.24. The van der Waals surface area contributed by atoms with Gasteiger partial charge in [-0.25, -0.2) is 0 Å². The average molecular weight is 160 g/mol. The number of nitrogens with zero attached hydrogens (tertiary/aromatic N) is 1. The van der Waals surface area contributed by atoms with Crippen molar-refractivity contribution >= 4 is 5.69 Å². The molecule has 0 bridgehead atoms. The van der Waals surface area contributed by atoms with Gasteiger partial charge in [-0.3, -0.25) is 5.32 Å². The quantitative estimate of drug-likeness (QED) is 0.631. The Labute approximate surface area is 73.8 Å².